The number of carbonyl (C=O) groups is 1. The van der Waals surface area contributed by atoms with Gasteiger partial charge in [-0.3, -0.25) is 4.79 Å². The van der Waals surface area contributed by atoms with Crippen LogP contribution in [0.15, 0.2) is 30.3 Å². The third-order valence-electron chi connectivity index (χ3n) is 4.80. The number of aromatic nitrogens is 2. The lowest BCUT2D eigenvalue weighted by atomic mass is 10.0. The molecule has 1 amide bonds. The van der Waals surface area contributed by atoms with E-state index in [1.807, 2.05) is 49.1 Å². The molecule has 5 nitrogen and oxygen atoms in total. The molecule has 138 valence electrons. The van der Waals surface area contributed by atoms with Crippen molar-refractivity contribution in [3.05, 3.63) is 41.6 Å². The maximum atomic E-state index is 12.5. The van der Waals surface area contributed by atoms with Crippen LogP contribution in [0.25, 0.3) is 11.4 Å². The van der Waals surface area contributed by atoms with Crippen LogP contribution < -0.4 is 4.90 Å². The maximum absolute atomic E-state index is 12.5. The zero-order valence-corrected chi connectivity index (χ0v) is 16.2. The van der Waals surface area contributed by atoms with E-state index in [9.17, 15) is 4.79 Å². The molecule has 0 saturated heterocycles. The fraction of sp³-hybridized carbons (Fsp3) is 0.476. The molecule has 0 radical (unpaired) electrons. The summed E-state index contributed by atoms with van der Waals surface area (Å²) in [6, 6.07) is 10.1. The van der Waals surface area contributed by atoms with Gasteiger partial charge in [0.2, 0.25) is 5.91 Å². The first-order valence-corrected chi connectivity index (χ1v) is 9.46. The highest BCUT2D eigenvalue weighted by atomic mass is 16.2. The lowest BCUT2D eigenvalue weighted by Crippen LogP contribution is -2.40. The van der Waals surface area contributed by atoms with Gasteiger partial charge in [0.1, 0.15) is 5.82 Å². The molecule has 1 aromatic carbocycles. The van der Waals surface area contributed by atoms with Crippen molar-refractivity contribution in [2.75, 3.05) is 25.0 Å². The second-order valence-electron chi connectivity index (χ2n) is 7.25. The van der Waals surface area contributed by atoms with Crippen molar-refractivity contribution >= 4 is 11.7 Å². The fourth-order valence-corrected chi connectivity index (χ4v) is 3.42. The molecule has 0 saturated carbocycles. The molecule has 1 aliphatic rings. The quantitative estimate of drug-likeness (QED) is 0.826. The van der Waals surface area contributed by atoms with Crippen LogP contribution in [0.1, 0.15) is 38.4 Å². The number of carbonyl (C=O) groups excluding carboxylic acids is 1. The van der Waals surface area contributed by atoms with Crippen molar-refractivity contribution < 1.29 is 4.79 Å². The number of amides is 1. The van der Waals surface area contributed by atoms with Gasteiger partial charge < -0.3 is 9.80 Å². The zero-order chi connectivity index (χ0) is 18.7. The lowest BCUT2D eigenvalue weighted by molar-refractivity contribution is -0.135. The summed E-state index contributed by atoms with van der Waals surface area (Å²) in [5.74, 6) is 1.94. The van der Waals surface area contributed by atoms with Gasteiger partial charge in [0.25, 0.3) is 0 Å². The average Bonchev–Trinajstić information content (AvgIpc) is 2.66. The Morgan fingerprint density at radius 2 is 1.96 bits per heavy atom. The summed E-state index contributed by atoms with van der Waals surface area (Å²) >= 11 is 0. The van der Waals surface area contributed by atoms with E-state index >= 15 is 0 Å². The minimum atomic E-state index is 0.0119. The Kier molecular flexibility index (Phi) is 5.55. The topological polar surface area (TPSA) is 49.3 Å². The van der Waals surface area contributed by atoms with E-state index in [-0.39, 0.29) is 11.8 Å². The van der Waals surface area contributed by atoms with E-state index in [0.717, 1.165) is 54.4 Å². The van der Waals surface area contributed by atoms with Crippen LogP contribution in [0.2, 0.25) is 0 Å². The molecule has 0 fully saturated rings. The van der Waals surface area contributed by atoms with Crippen LogP contribution in [0, 0.1) is 5.92 Å². The van der Waals surface area contributed by atoms with Gasteiger partial charge in [-0.25, -0.2) is 9.97 Å². The Balaban J connectivity index is 2.03. The van der Waals surface area contributed by atoms with Crippen LogP contribution in [0.4, 0.5) is 5.82 Å². The number of hydrogen-bond donors (Lipinski definition) is 0. The molecule has 26 heavy (non-hydrogen) atoms. The van der Waals surface area contributed by atoms with Crippen molar-refractivity contribution in [2.24, 2.45) is 5.92 Å². The highest BCUT2D eigenvalue weighted by Gasteiger charge is 2.27. The summed E-state index contributed by atoms with van der Waals surface area (Å²) < 4.78 is 0. The Morgan fingerprint density at radius 3 is 2.62 bits per heavy atom. The minimum Gasteiger partial charge on any atom is -0.359 e. The summed E-state index contributed by atoms with van der Waals surface area (Å²) in [7, 11) is 2.07. The molecule has 3 rings (SSSR count). The molecular formula is C21H28N4O. The SMILES string of the molecule is CCCN(C)c1nc(-c2ccccc2)nc2c1CN(C(=O)C(C)C)CC2. The van der Waals surface area contributed by atoms with Crippen LogP contribution >= 0.6 is 0 Å². The van der Waals surface area contributed by atoms with Gasteiger partial charge in [0.15, 0.2) is 5.82 Å². The average molecular weight is 352 g/mol. The van der Waals surface area contributed by atoms with Crippen molar-refractivity contribution in [1.29, 1.82) is 0 Å². The molecule has 0 spiro atoms. The molecule has 0 N–H and O–H groups in total. The van der Waals surface area contributed by atoms with E-state index in [4.69, 9.17) is 9.97 Å². The number of benzene rings is 1. The second-order valence-corrected chi connectivity index (χ2v) is 7.25. The molecule has 1 aliphatic heterocycles. The van der Waals surface area contributed by atoms with Crippen molar-refractivity contribution in [3.63, 3.8) is 0 Å². The van der Waals surface area contributed by atoms with Crippen molar-refractivity contribution in [3.8, 4) is 11.4 Å². The first-order chi connectivity index (χ1) is 12.5. The van der Waals surface area contributed by atoms with Gasteiger partial charge in [-0.15, -0.1) is 0 Å². The number of rotatable bonds is 5. The first-order valence-electron chi connectivity index (χ1n) is 9.46. The van der Waals surface area contributed by atoms with Gasteiger partial charge in [0.05, 0.1) is 12.2 Å². The monoisotopic (exact) mass is 352 g/mol. The van der Waals surface area contributed by atoms with Gasteiger partial charge in [-0.1, -0.05) is 51.1 Å². The molecular weight excluding hydrogens is 324 g/mol. The van der Waals surface area contributed by atoms with Crippen LogP contribution in [-0.2, 0) is 17.8 Å². The summed E-state index contributed by atoms with van der Waals surface area (Å²) in [5, 5.41) is 0. The van der Waals surface area contributed by atoms with Crippen molar-refractivity contribution in [1.82, 2.24) is 14.9 Å². The number of anilines is 1. The Bertz CT molecular complexity index is 773. The van der Waals surface area contributed by atoms with Crippen LogP contribution in [-0.4, -0.2) is 40.9 Å². The largest absolute Gasteiger partial charge is 0.359 e. The summed E-state index contributed by atoms with van der Waals surface area (Å²) in [6.45, 7) is 8.33. The van der Waals surface area contributed by atoms with E-state index < -0.39 is 0 Å². The standard InChI is InChI=1S/C21H28N4O/c1-5-12-24(4)20-17-14-25(21(26)15(2)3)13-11-18(17)22-19(23-20)16-9-7-6-8-10-16/h6-10,15H,5,11-14H2,1-4H3. The Labute approximate surface area is 156 Å². The number of fused-ring (bicyclic) bond motifs is 1. The van der Waals surface area contributed by atoms with Crippen LogP contribution in [0.3, 0.4) is 0 Å². The summed E-state index contributed by atoms with van der Waals surface area (Å²) in [5.41, 5.74) is 3.20. The van der Waals surface area contributed by atoms with Crippen LogP contribution in [0.5, 0.6) is 0 Å². The maximum Gasteiger partial charge on any atom is 0.225 e. The van der Waals surface area contributed by atoms with Crippen molar-refractivity contribution in [2.45, 2.75) is 40.2 Å². The second kappa shape index (κ2) is 7.85. The Hall–Kier alpha value is -2.43. The predicted octanol–water partition coefficient (Wildman–Crippen LogP) is 3.53. The highest BCUT2D eigenvalue weighted by molar-refractivity contribution is 5.78. The lowest BCUT2D eigenvalue weighted by Gasteiger charge is -2.32. The molecule has 5 heteroatoms. The highest BCUT2D eigenvalue weighted by Crippen LogP contribution is 2.29. The summed E-state index contributed by atoms with van der Waals surface area (Å²) in [6.07, 6.45) is 1.83. The molecule has 1 aromatic heterocycles. The third kappa shape index (κ3) is 3.71. The zero-order valence-electron chi connectivity index (χ0n) is 16.2. The Morgan fingerprint density at radius 1 is 1.23 bits per heavy atom. The predicted molar refractivity (Wildman–Crippen MR) is 105 cm³/mol. The molecule has 0 atom stereocenters. The number of hydrogen-bond acceptors (Lipinski definition) is 4. The minimum absolute atomic E-state index is 0.0119. The molecule has 0 bridgehead atoms. The smallest absolute Gasteiger partial charge is 0.225 e. The van der Waals surface area contributed by atoms with E-state index in [1.165, 1.54) is 0 Å². The fourth-order valence-electron chi connectivity index (χ4n) is 3.42. The van der Waals surface area contributed by atoms with Gasteiger partial charge in [0, 0.05) is 43.6 Å². The normalized spacial score (nSPS) is 13.7. The van der Waals surface area contributed by atoms with E-state index in [2.05, 4.69) is 18.9 Å². The molecule has 2 aromatic rings. The molecule has 0 unspecified atom stereocenters. The number of nitrogens with zero attached hydrogens (tertiary/aromatic N) is 4. The van der Waals surface area contributed by atoms with Gasteiger partial charge >= 0.3 is 0 Å². The third-order valence-corrected chi connectivity index (χ3v) is 4.80. The molecule has 2 heterocycles. The van der Waals surface area contributed by atoms with E-state index in [1.54, 1.807) is 0 Å². The summed E-state index contributed by atoms with van der Waals surface area (Å²) in [4.78, 5) is 26.4. The molecule has 0 aliphatic carbocycles. The van der Waals surface area contributed by atoms with Gasteiger partial charge in [-0.2, -0.15) is 0 Å². The first kappa shape index (κ1) is 18.4. The van der Waals surface area contributed by atoms with E-state index in [0.29, 0.717) is 6.54 Å². The van der Waals surface area contributed by atoms with Gasteiger partial charge in [-0.05, 0) is 6.42 Å².